The van der Waals surface area contributed by atoms with Gasteiger partial charge in [0.1, 0.15) is 4.88 Å². The van der Waals surface area contributed by atoms with Gasteiger partial charge in [0, 0.05) is 19.7 Å². The number of nitrogen functional groups attached to an aromatic ring is 1. The van der Waals surface area contributed by atoms with Crippen molar-refractivity contribution in [2.24, 2.45) is 5.92 Å². The van der Waals surface area contributed by atoms with E-state index in [2.05, 4.69) is 0 Å². The molecule has 1 aliphatic rings. The van der Waals surface area contributed by atoms with E-state index in [-0.39, 0.29) is 12.5 Å². The van der Waals surface area contributed by atoms with E-state index in [1.54, 1.807) is 6.07 Å². The fourth-order valence-corrected chi connectivity index (χ4v) is 3.09. The molecule has 0 saturated carbocycles. The minimum absolute atomic E-state index is 0.0418. The second-order valence-corrected chi connectivity index (χ2v) is 5.39. The van der Waals surface area contributed by atoms with Crippen molar-refractivity contribution < 1.29 is 9.90 Å². The lowest BCUT2D eigenvalue weighted by Gasteiger charge is -2.32. The summed E-state index contributed by atoms with van der Waals surface area (Å²) in [7, 11) is 0. The predicted molar refractivity (Wildman–Crippen MR) is 69.1 cm³/mol. The normalized spacial score (nSPS) is 20.5. The van der Waals surface area contributed by atoms with Crippen LogP contribution in [0, 0.1) is 5.92 Å². The van der Waals surface area contributed by atoms with Crippen molar-refractivity contribution in [1.29, 1.82) is 0 Å². The first kappa shape index (κ1) is 12.4. The largest absolute Gasteiger partial charge is 0.397 e. The van der Waals surface area contributed by atoms with Gasteiger partial charge in [-0.2, -0.15) is 0 Å². The monoisotopic (exact) mass is 254 g/mol. The van der Waals surface area contributed by atoms with Gasteiger partial charge in [0.25, 0.3) is 5.91 Å². The minimum Gasteiger partial charge on any atom is -0.397 e. The van der Waals surface area contributed by atoms with Crippen molar-refractivity contribution in [2.75, 3.05) is 25.4 Å². The Hall–Kier alpha value is -1.07. The summed E-state index contributed by atoms with van der Waals surface area (Å²) in [4.78, 5) is 14.7. The van der Waals surface area contributed by atoms with Gasteiger partial charge < -0.3 is 15.7 Å². The van der Waals surface area contributed by atoms with Gasteiger partial charge in [-0.1, -0.05) is 0 Å². The van der Waals surface area contributed by atoms with Crippen molar-refractivity contribution in [3.8, 4) is 0 Å². The summed E-state index contributed by atoms with van der Waals surface area (Å²) in [6.45, 7) is 1.75. The van der Waals surface area contributed by atoms with Crippen LogP contribution in [0.3, 0.4) is 0 Å². The third-order valence-corrected chi connectivity index (χ3v) is 4.15. The molecular weight excluding hydrogens is 236 g/mol. The van der Waals surface area contributed by atoms with E-state index in [9.17, 15) is 4.79 Å². The van der Waals surface area contributed by atoms with Gasteiger partial charge in [0.15, 0.2) is 0 Å². The van der Waals surface area contributed by atoms with Crippen molar-refractivity contribution in [2.45, 2.75) is 19.3 Å². The molecule has 1 aromatic heterocycles. The number of amides is 1. The van der Waals surface area contributed by atoms with Crippen LogP contribution in [0.5, 0.6) is 0 Å². The third kappa shape index (κ3) is 2.79. The number of hydrogen-bond donors (Lipinski definition) is 2. The summed E-state index contributed by atoms with van der Waals surface area (Å²) in [6, 6.07) is 1.77. The van der Waals surface area contributed by atoms with Gasteiger partial charge in [-0.05, 0) is 36.6 Å². The Morgan fingerprint density at radius 1 is 1.65 bits per heavy atom. The average Bonchev–Trinajstić information content (AvgIpc) is 2.75. The number of carbonyl (C=O) groups is 1. The molecule has 1 unspecified atom stereocenters. The number of nitrogens with two attached hydrogens (primary N) is 1. The predicted octanol–water partition coefficient (Wildman–Crippen LogP) is 1.56. The Morgan fingerprint density at radius 2 is 2.47 bits per heavy atom. The molecule has 94 valence electrons. The number of aliphatic hydroxyl groups excluding tert-OH is 1. The van der Waals surface area contributed by atoms with Crippen LogP contribution in [-0.4, -0.2) is 35.6 Å². The van der Waals surface area contributed by atoms with E-state index in [4.69, 9.17) is 10.8 Å². The number of carbonyl (C=O) groups excluding carboxylic acids is 1. The molecule has 4 nitrogen and oxygen atoms in total. The van der Waals surface area contributed by atoms with Crippen LogP contribution in [0.1, 0.15) is 28.9 Å². The molecule has 3 N–H and O–H groups in total. The lowest BCUT2D eigenvalue weighted by molar-refractivity contribution is 0.0659. The van der Waals surface area contributed by atoms with Crippen LogP contribution in [0.15, 0.2) is 11.4 Å². The highest BCUT2D eigenvalue weighted by atomic mass is 32.1. The molecule has 0 spiro atoms. The minimum atomic E-state index is 0.0418. The SMILES string of the molecule is Nc1ccsc1C(=O)N1CCCC(CCO)C1. The highest BCUT2D eigenvalue weighted by molar-refractivity contribution is 7.12. The molecule has 1 aromatic rings. The Labute approximate surface area is 105 Å². The van der Waals surface area contributed by atoms with E-state index >= 15 is 0 Å². The van der Waals surface area contributed by atoms with Crippen LogP contribution in [-0.2, 0) is 0 Å². The van der Waals surface area contributed by atoms with E-state index < -0.39 is 0 Å². The molecule has 1 amide bonds. The Kier molecular flexibility index (Phi) is 4.02. The highest BCUT2D eigenvalue weighted by Gasteiger charge is 2.25. The average molecular weight is 254 g/mol. The summed E-state index contributed by atoms with van der Waals surface area (Å²) < 4.78 is 0. The van der Waals surface area contributed by atoms with Gasteiger partial charge in [-0.25, -0.2) is 0 Å². The third-order valence-electron chi connectivity index (χ3n) is 3.23. The van der Waals surface area contributed by atoms with Crippen molar-refractivity contribution in [3.05, 3.63) is 16.3 Å². The summed E-state index contributed by atoms with van der Waals surface area (Å²) in [5.41, 5.74) is 6.34. The topological polar surface area (TPSA) is 66.6 Å². The molecule has 0 radical (unpaired) electrons. The first-order valence-electron chi connectivity index (χ1n) is 5.95. The van der Waals surface area contributed by atoms with E-state index in [1.807, 2.05) is 10.3 Å². The van der Waals surface area contributed by atoms with Crippen LogP contribution < -0.4 is 5.73 Å². The molecule has 2 heterocycles. The fraction of sp³-hybridized carbons (Fsp3) is 0.583. The Bertz CT molecular complexity index is 390. The molecule has 2 rings (SSSR count). The van der Waals surface area contributed by atoms with Crippen LogP contribution in [0.2, 0.25) is 0 Å². The van der Waals surface area contributed by atoms with Crippen LogP contribution in [0.25, 0.3) is 0 Å². The number of likely N-dealkylation sites (tertiary alicyclic amines) is 1. The van der Waals surface area contributed by atoms with Gasteiger partial charge in [0.2, 0.25) is 0 Å². The molecule has 5 heteroatoms. The summed E-state index contributed by atoms with van der Waals surface area (Å²) in [6.07, 6.45) is 2.90. The molecule has 0 aliphatic carbocycles. The van der Waals surface area contributed by atoms with E-state index in [0.29, 0.717) is 16.5 Å². The van der Waals surface area contributed by atoms with Crippen molar-refractivity contribution >= 4 is 22.9 Å². The van der Waals surface area contributed by atoms with Crippen molar-refractivity contribution in [3.63, 3.8) is 0 Å². The van der Waals surface area contributed by atoms with Crippen LogP contribution >= 0.6 is 11.3 Å². The summed E-state index contributed by atoms with van der Waals surface area (Å²) in [5.74, 6) is 0.471. The molecule has 1 atom stereocenters. The zero-order chi connectivity index (χ0) is 12.3. The number of aliphatic hydroxyl groups is 1. The molecule has 17 heavy (non-hydrogen) atoms. The smallest absolute Gasteiger partial charge is 0.266 e. The molecule has 1 saturated heterocycles. The van der Waals surface area contributed by atoms with Gasteiger partial charge in [-0.3, -0.25) is 4.79 Å². The first-order chi connectivity index (χ1) is 8.22. The quantitative estimate of drug-likeness (QED) is 0.860. The maximum atomic E-state index is 12.2. The second kappa shape index (κ2) is 5.51. The van der Waals surface area contributed by atoms with E-state index in [0.717, 1.165) is 32.4 Å². The van der Waals surface area contributed by atoms with Crippen molar-refractivity contribution in [1.82, 2.24) is 4.90 Å². The molecule has 1 fully saturated rings. The van der Waals surface area contributed by atoms with E-state index in [1.165, 1.54) is 11.3 Å². The highest BCUT2D eigenvalue weighted by Crippen LogP contribution is 2.25. The first-order valence-corrected chi connectivity index (χ1v) is 6.83. The zero-order valence-corrected chi connectivity index (χ0v) is 10.6. The molecule has 0 aromatic carbocycles. The van der Waals surface area contributed by atoms with Gasteiger partial charge in [-0.15, -0.1) is 11.3 Å². The molecule has 1 aliphatic heterocycles. The number of thiophene rings is 1. The maximum Gasteiger partial charge on any atom is 0.266 e. The van der Waals surface area contributed by atoms with Crippen LogP contribution in [0.4, 0.5) is 5.69 Å². The van der Waals surface area contributed by atoms with Gasteiger partial charge in [0.05, 0.1) is 5.69 Å². The number of hydrogen-bond acceptors (Lipinski definition) is 4. The maximum absolute atomic E-state index is 12.2. The lowest BCUT2D eigenvalue weighted by Crippen LogP contribution is -2.40. The standard InChI is InChI=1S/C12H18N2O2S/c13-10-4-7-17-11(10)12(16)14-5-1-2-9(8-14)3-6-15/h4,7,9,15H,1-3,5-6,8,13H2. The summed E-state index contributed by atoms with van der Waals surface area (Å²) >= 11 is 1.40. The Morgan fingerprint density at radius 3 is 3.12 bits per heavy atom. The number of rotatable bonds is 3. The summed E-state index contributed by atoms with van der Waals surface area (Å²) in [5, 5.41) is 10.8. The Balaban J connectivity index is 2.02. The zero-order valence-electron chi connectivity index (χ0n) is 9.76. The number of nitrogens with zero attached hydrogens (tertiary/aromatic N) is 1. The molecular formula is C12H18N2O2S. The van der Waals surface area contributed by atoms with Gasteiger partial charge >= 0.3 is 0 Å². The molecule has 0 bridgehead atoms. The number of piperidine rings is 1. The number of anilines is 1. The fourth-order valence-electron chi connectivity index (χ4n) is 2.30. The second-order valence-electron chi connectivity index (χ2n) is 4.48. The lowest BCUT2D eigenvalue weighted by atomic mass is 9.95.